The van der Waals surface area contributed by atoms with Gasteiger partial charge in [-0.3, -0.25) is 0 Å². The highest BCUT2D eigenvalue weighted by Crippen LogP contribution is 1.50. The van der Waals surface area contributed by atoms with Crippen molar-refractivity contribution in [3.8, 4) is 0 Å². The molecule has 0 aromatic rings. The zero-order chi connectivity index (χ0) is 9.86. The molecule has 0 radical (unpaired) electrons. The molecule has 0 spiro atoms. The van der Waals surface area contributed by atoms with Crippen molar-refractivity contribution in [3.63, 3.8) is 0 Å². The second kappa shape index (κ2) is 22.4. The maximum absolute atomic E-state index is 9.44. The van der Waals surface area contributed by atoms with Crippen molar-refractivity contribution in [2.24, 2.45) is 0 Å². The smallest absolute Gasteiger partial charge is 0.126 e. The lowest BCUT2D eigenvalue weighted by molar-refractivity contribution is -0.115. The first kappa shape index (κ1) is 22.5. The first-order valence-electron chi connectivity index (χ1n) is 3.22. The number of carbonyl (C=O) groups excluding carboxylic acids is 2. The number of Topliss-reactive ketones (excluding diaryl/α,β-unsaturated/α-hetero) is 2. The highest BCUT2D eigenvalue weighted by Gasteiger charge is 1.62. The van der Waals surface area contributed by atoms with E-state index in [-0.39, 0.29) is 19.0 Å². The Hall–Kier alpha value is -0.700. The Balaban J connectivity index is -0.0000000389. The SMILES string of the molecule is C.CC(C)=O.CC(C)=O.COC. The molecule has 0 atom stereocenters. The molecule has 3 nitrogen and oxygen atoms in total. The van der Waals surface area contributed by atoms with Crippen LogP contribution in [-0.2, 0) is 14.3 Å². The molecule has 0 fully saturated rings. The summed E-state index contributed by atoms with van der Waals surface area (Å²) in [5, 5.41) is 0. The molecule has 3 heteroatoms. The Bertz CT molecular complexity index is 77.9. The summed E-state index contributed by atoms with van der Waals surface area (Å²) in [6.45, 7) is 6.11. The number of methoxy groups -OCH3 is 1. The summed E-state index contributed by atoms with van der Waals surface area (Å²) in [6, 6.07) is 0. The summed E-state index contributed by atoms with van der Waals surface area (Å²) in [5.74, 6) is 0.333. The molecule has 0 amide bonds. The van der Waals surface area contributed by atoms with Crippen molar-refractivity contribution < 1.29 is 14.3 Å². The molecule has 0 bridgehead atoms. The molecule has 0 saturated carbocycles. The van der Waals surface area contributed by atoms with Crippen molar-refractivity contribution in [1.82, 2.24) is 0 Å². The Morgan fingerprint density at radius 2 is 0.833 bits per heavy atom. The van der Waals surface area contributed by atoms with E-state index in [9.17, 15) is 9.59 Å². The molecule has 0 unspecified atom stereocenters. The van der Waals surface area contributed by atoms with Gasteiger partial charge in [0.1, 0.15) is 11.6 Å². The number of ether oxygens (including phenoxy) is 1. The summed E-state index contributed by atoms with van der Waals surface area (Å²) >= 11 is 0. The third-order valence-corrected chi connectivity index (χ3v) is 0. The largest absolute Gasteiger partial charge is 0.388 e. The fraction of sp³-hybridized carbons (Fsp3) is 0.778. The van der Waals surface area contributed by atoms with Crippen LogP contribution in [0, 0.1) is 0 Å². The maximum Gasteiger partial charge on any atom is 0.126 e. The van der Waals surface area contributed by atoms with Gasteiger partial charge < -0.3 is 14.3 Å². The van der Waals surface area contributed by atoms with Crippen molar-refractivity contribution in [2.45, 2.75) is 35.1 Å². The van der Waals surface area contributed by atoms with Crippen LogP contribution in [-0.4, -0.2) is 25.8 Å². The number of hydrogen-bond acceptors (Lipinski definition) is 3. The molecule has 0 aliphatic rings. The van der Waals surface area contributed by atoms with Gasteiger partial charge in [-0.1, -0.05) is 7.43 Å². The molecule has 0 aromatic carbocycles. The number of ketones is 2. The number of hydrogen-bond donors (Lipinski definition) is 0. The molecular weight excluding hydrogens is 156 g/mol. The van der Waals surface area contributed by atoms with E-state index < -0.39 is 0 Å². The summed E-state index contributed by atoms with van der Waals surface area (Å²) in [5.41, 5.74) is 0. The molecule has 0 rings (SSSR count). The number of rotatable bonds is 0. The first-order valence-corrected chi connectivity index (χ1v) is 3.22. The minimum Gasteiger partial charge on any atom is -0.388 e. The fourth-order valence-electron chi connectivity index (χ4n) is 0. The van der Waals surface area contributed by atoms with Gasteiger partial charge in [0, 0.05) is 14.2 Å². The van der Waals surface area contributed by atoms with E-state index in [2.05, 4.69) is 4.74 Å². The summed E-state index contributed by atoms with van der Waals surface area (Å²) in [6.07, 6.45) is 0. The molecule has 0 heterocycles. The van der Waals surface area contributed by atoms with Crippen LogP contribution in [0.25, 0.3) is 0 Å². The number of carbonyl (C=O) groups is 2. The van der Waals surface area contributed by atoms with Crippen LogP contribution in [0.2, 0.25) is 0 Å². The van der Waals surface area contributed by atoms with Gasteiger partial charge in [-0.25, -0.2) is 0 Å². The molecule has 0 saturated heterocycles. The van der Waals surface area contributed by atoms with Crippen molar-refractivity contribution in [1.29, 1.82) is 0 Å². The van der Waals surface area contributed by atoms with Gasteiger partial charge in [0.25, 0.3) is 0 Å². The van der Waals surface area contributed by atoms with Crippen molar-refractivity contribution in [2.75, 3.05) is 14.2 Å². The standard InChI is InChI=1S/2C3H6O.C2H6O.CH4/c2*1-3(2)4;1-3-2;/h2*1-2H3;1-2H3;1H4. The highest BCUT2D eigenvalue weighted by molar-refractivity contribution is 5.72. The van der Waals surface area contributed by atoms with Gasteiger partial charge in [0.05, 0.1) is 0 Å². The molecule has 0 aliphatic heterocycles. The Morgan fingerprint density at radius 1 is 0.833 bits per heavy atom. The summed E-state index contributed by atoms with van der Waals surface area (Å²) in [7, 11) is 3.25. The van der Waals surface area contributed by atoms with E-state index in [4.69, 9.17) is 0 Å². The van der Waals surface area contributed by atoms with E-state index in [0.717, 1.165) is 0 Å². The monoisotopic (exact) mass is 178 g/mol. The lowest BCUT2D eigenvalue weighted by Gasteiger charge is -1.61. The lowest BCUT2D eigenvalue weighted by Crippen LogP contribution is -1.69. The second-order valence-electron chi connectivity index (χ2n) is 2.22. The average Bonchev–Trinajstić information content (AvgIpc) is 1.60. The van der Waals surface area contributed by atoms with Gasteiger partial charge in [-0.2, -0.15) is 0 Å². The van der Waals surface area contributed by atoms with Gasteiger partial charge in [-0.15, -0.1) is 0 Å². The second-order valence-corrected chi connectivity index (χ2v) is 2.22. The van der Waals surface area contributed by atoms with E-state index in [1.54, 1.807) is 14.2 Å². The zero-order valence-electron chi connectivity index (χ0n) is 8.22. The van der Waals surface area contributed by atoms with Gasteiger partial charge >= 0.3 is 0 Å². The van der Waals surface area contributed by atoms with Gasteiger partial charge in [-0.05, 0) is 27.7 Å². The Morgan fingerprint density at radius 3 is 0.833 bits per heavy atom. The normalized spacial score (nSPS) is 5.83. The van der Waals surface area contributed by atoms with Gasteiger partial charge in [0.2, 0.25) is 0 Å². The predicted molar refractivity (Wildman–Crippen MR) is 52.4 cm³/mol. The molecule has 0 N–H and O–H groups in total. The van der Waals surface area contributed by atoms with Gasteiger partial charge in [0.15, 0.2) is 0 Å². The van der Waals surface area contributed by atoms with E-state index in [1.807, 2.05) is 0 Å². The van der Waals surface area contributed by atoms with Crippen molar-refractivity contribution in [3.05, 3.63) is 0 Å². The zero-order valence-corrected chi connectivity index (χ0v) is 8.22. The quantitative estimate of drug-likeness (QED) is 0.570. The third-order valence-electron chi connectivity index (χ3n) is 0. The minimum absolute atomic E-state index is 0. The molecule has 12 heavy (non-hydrogen) atoms. The van der Waals surface area contributed by atoms with Crippen LogP contribution in [0.3, 0.4) is 0 Å². The molecule has 0 aliphatic carbocycles. The van der Waals surface area contributed by atoms with E-state index >= 15 is 0 Å². The topological polar surface area (TPSA) is 43.4 Å². The molecule has 0 aromatic heterocycles. The van der Waals surface area contributed by atoms with Crippen LogP contribution in [0.4, 0.5) is 0 Å². The average molecular weight is 178 g/mol. The predicted octanol–water partition coefficient (Wildman–Crippen LogP) is 2.09. The fourth-order valence-corrected chi connectivity index (χ4v) is 0. The summed E-state index contributed by atoms with van der Waals surface area (Å²) < 4.78 is 4.25. The van der Waals surface area contributed by atoms with Crippen LogP contribution < -0.4 is 0 Å². The van der Waals surface area contributed by atoms with Crippen LogP contribution in [0.1, 0.15) is 35.1 Å². The Labute approximate surface area is 76.1 Å². The van der Waals surface area contributed by atoms with E-state index in [1.165, 1.54) is 27.7 Å². The Kier molecular flexibility index (Phi) is 42.1. The maximum atomic E-state index is 9.44. The third kappa shape index (κ3) is 1310. The molecule has 76 valence electrons. The van der Waals surface area contributed by atoms with Crippen LogP contribution in [0.5, 0.6) is 0 Å². The lowest BCUT2D eigenvalue weighted by atomic mass is 10.6. The van der Waals surface area contributed by atoms with Crippen molar-refractivity contribution >= 4 is 11.6 Å². The first-order chi connectivity index (χ1) is 4.88. The van der Waals surface area contributed by atoms with E-state index in [0.29, 0.717) is 0 Å². The minimum atomic E-state index is 0. The van der Waals surface area contributed by atoms with Crippen LogP contribution in [0.15, 0.2) is 0 Å². The van der Waals surface area contributed by atoms with Crippen LogP contribution >= 0.6 is 0 Å². The molecular formula is C9H22O3. The summed E-state index contributed by atoms with van der Waals surface area (Å²) in [4.78, 5) is 18.9. The highest BCUT2D eigenvalue weighted by atomic mass is 16.4.